The maximum atomic E-state index is 5.86. The molecule has 0 atom stereocenters. The number of nitrogen functional groups attached to an aromatic ring is 1. The van der Waals surface area contributed by atoms with Gasteiger partial charge in [-0.15, -0.1) is 11.8 Å². The lowest BCUT2D eigenvalue weighted by molar-refractivity contribution is 1.32. The molecule has 0 aromatic heterocycles. The van der Waals surface area contributed by atoms with Crippen LogP contribution >= 0.6 is 23.4 Å². The molecule has 4 heteroatoms. The molecule has 0 aliphatic rings. The Hall–Kier alpha value is -0.380. The van der Waals surface area contributed by atoms with Crippen LogP contribution in [-0.4, -0.2) is 6.26 Å². The molecule has 0 fully saturated rings. The van der Waals surface area contributed by atoms with Crippen LogP contribution in [0.3, 0.4) is 0 Å². The van der Waals surface area contributed by atoms with Gasteiger partial charge in [0.2, 0.25) is 0 Å². The van der Waals surface area contributed by atoms with Crippen molar-refractivity contribution in [2.45, 2.75) is 4.90 Å². The average molecular weight is 189 g/mol. The quantitative estimate of drug-likeness (QED) is 0.425. The molecule has 0 saturated carbocycles. The monoisotopic (exact) mass is 188 g/mol. The first-order chi connectivity index (χ1) is 5.27. The van der Waals surface area contributed by atoms with E-state index in [4.69, 9.17) is 17.4 Å². The fourth-order valence-corrected chi connectivity index (χ4v) is 1.61. The van der Waals surface area contributed by atoms with Crippen LogP contribution in [0.2, 0.25) is 5.02 Å². The first kappa shape index (κ1) is 8.71. The third kappa shape index (κ3) is 2.02. The van der Waals surface area contributed by atoms with Crippen LogP contribution in [-0.2, 0) is 0 Å². The number of nitrogens with one attached hydrogen (secondary N) is 1. The maximum absolute atomic E-state index is 5.86. The Morgan fingerprint density at radius 2 is 2.27 bits per heavy atom. The van der Waals surface area contributed by atoms with Crippen molar-refractivity contribution in [1.29, 1.82) is 0 Å². The van der Waals surface area contributed by atoms with Gasteiger partial charge in [0.15, 0.2) is 0 Å². The van der Waals surface area contributed by atoms with Gasteiger partial charge >= 0.3 is 0 Å². The molecule has 0 saturated heterocycles. The van der Waals surface area contributed by atoms with E-state index in [2.05, 4.69) is 5.43 Å². The molecule has 0 amide bonds. The lowest BCUT2D eigenvalue weighted by Gasteiger charge is -2.03. The smallest absolute Gasteiger partial charge is 0.0543 e. The first-order valence-electron chi connectivity index (χ1n) is 3.08. The molecule has 0 bridgehead atoms. The van der Waals surface area contributed by atoms with Crippen molar-refractivity contribution >= 4 is 29.1 Å². The van der Waals surface area contributed by atoms with Gasteiger partial charge in [-0.25, -0.2) is 0 Å². The fraction of sp³-hybridized carbons (Fsp3) is 0.143. The van der Waals surface area contributed by atoms with Crippen molar-refractivity contribution in [1.82, 2.24) is 0 Å². The Balaban J connectivity index is 3.02. The number of hydrogen-bond donors (Lipinski definition) is 2. The highest BCUT2D eigenvalue weighted by molar-refractivity contribution is 7.98. The van der Waals surface area contributed by atoms with E-state index in [-0.39, 0.29) is 0 Å². The molecule has 11 heavy (non-hydrogen) atoms. The van der Waals surface area contributed by atoms with E-state index >= 15 is 0 Å². The Kier molecular flexibility index (Phi) is 3.05. The summed E-state index contributed by atoms with van der Waals surface area (Å²) in [4.78, 5) is 1.03. The van der Waals surface area contributed by atoms with Gasteiger partial charge in [-0.2, -0.15) is 0 Å². The molecule has 0 aliphatic carbocycles. The van der Waals surface area contributed by atoms with Crippen LogP contribution in [0.4, 0.5) is 5.69 Å². The van der Waals surface area contributed by atoms with Gasteiger partial charge in [0.25, 0.3) is 0 Å². The number of anilines is 1. The Labute approximate surface area is 75.1 Å². The topological polar surface area (TPSA) is 38.0 Å². The minimum Gasteiger partial charge on any atom is -0.324 e. The van der Waals surface area contributed by atoms with Gasteiger partial charge in [-0.3, -0.25) is 5.84 Å². The fourth-order valence-electron chi connectivity index (χ4n) is 0.750. The van der Waals surface area contributed by atoms with Crippen molar-refractivity contribution in [3.8, 4) is 0 Å². The maximum Gasteiger partial charge on any atom is 0.0543 e. The lowest BCUT2D eigenvalue weighted by Crippen LogP contribution is -2.06. The molecule has 0 heterocycles. The second-order valence-corrected chi connectivity index (χ2v) is 3.25. The summed E-state index contributed by atoms with van der Waals surface area (Å²) in [6, 6.07) is 5.57. The standard InChI is InChI=1S/C7H9ClN2S/c1-11-7-4-5(10-9)2-3-6(7)8/h2-4,10H,9H2,1H3. The van der Waals surface area contributed by atoms with Crippen LogP contribution in [0, 0.1) is 0 Å². The number of hydrogen-bond acceptors (Lipinski definition) is 3. The number of halogens is 1. The highest BCUT2D eigenvalue weighted by Crippen LogP contribution is 2.27. The summed E-state index contributed by atoms with van der Waals surface area (Å²) in [7, 11) is 0. The van der Waals surface area contributed by atoms with E-state index in [1.165, 1.54) is 0 Å². The molecule has 0 aliphatic heterocycles. The zero-order valence-electron chi connectivity index (χ0n) is 6.10. The molecule has 0 spiro atoms. The third-order valence-corrected chi connectivity index (χ3v) is 2.54. The van der Waals surface area contributed by atoms with Gasteiger partial charge in [0, 0.05) is 10.6 Å². The summed E-state index contributed by atoms with van der Waals surface area (Å²) < 4.78 is 0. The van der Waals surface area contributed by atoms with Crippen molar-refractivity contribution < 1.29 is 0 Å². The van der Waals surface area contributed by atoms with E-state index < -0.39 is 0 Å². The lowest BCUT2D eigenvalue weighted by atomic mass is 10.3. The van der Waals surface area contributed by atoms with Crippen LogP contribution in [0.15, 0.2) is 23.1 Å². The summed E-state index contributed by atoms with van der Waals surface area (Å²) in [6.45, 7) is 0. The minimum atomic E-state index is 0.761. The number of rotatable bonds is 2. The molecule has 60 valence electrons. The first-order valence-corrected chi connectivity index (χ1v) is 4.68. The molecule has 1 rings (SSSR count). The SMILES string of the molecule is CSc1cc(NN)ccc1Cl. The number of thioether (sulfide) groups is 1. The largest absolute Gasteiger partial charge is 0.324 e. The van der Waals surface area contributed by atoms with E-state index in [0.717, 1.165) is 15.6 Å². The van der Waals surface area contributed by atoms with Gasteiger partial charge in [0.1, 0.15) is 0 Å². The summed E-state index contributed by atoms with van der Waals surface area (Å²) in [6.07, 6.45) is 1.97. The van der Waals surface area contributed by atoms with Crippen LogP contribution in [0.25, 0.3) is 0 Å². The van der Waals surface area contributed by atoms with E-state index in [1.807, 2.05) is 24.5 Å². The van der Waals surface area contributed by atoms with Crippen molar-refractivity contribution in [3.63, 3.8) is 0 Å². The number of hydrazine groups is 1. The van der Waals surface area contributed by atoms with E-state index in [0.29, 0.717) is 0 Å². The molecular formula is C7H9ClN2S. The molecular weight excluding hydrogens is 180 g/mol. The zero-order valence-corrected chi connectivity index (χ0v) is 7.67. The van der Waals surface area contributed by atoms with Gasteiger partial charge in [-0.1, -0.05) is 11.6 Å². The predicted octanol–water partition coefficient (Wildman–Crippen LogP) is 2.35. The van der Waals surface area contributed by atoms with Crippen molar-refractivity contribution in [2.24, 2.45) is 5.84 Å². The van der Waals surface area contributed by atoms with Gasteiger partial charge in [0.05, 0.1) is 5.02 Å². The minimum absolute atomic E-state index is 0.761. The number of nitrogens with two attached hydrogens (primary N) is 1. The molecule has 1 aromatic carbocycles. The van der Waals surface area contributed by atoms with Gasteiger partial charge in [-0.05, 0) is 24.5 Å². The Morgan fingerprint density at radius 1 is 1.55 bits per heavy atom. The van der Waals surface area contributed by atoms with E-state index in [9.17, 15) is 0 Å². The third-order valence-electron chi connectivity index (χ3n) is 1.32. The summed E-state index contributed by atoms with van der Waals surface area (Å²) in [5, 5.41) is 0.761. The van der Waals surface area contributed by atoms with Crippen molar-refractivity contribution in [2.75, 3.05) is 11.7 Å². The predicted molar refractivity (Wildman–Crippen MR) is 51.0 cm³/mol. The number of benzene rings is 1. The summed E-state index contributed by atoms with van der Waals surface area (Å²) >= 11 is 7.46. The molecule has 2 nitrogen and oxygen atoms in total. The van der Waals surface area contributed by atoms with Crippen LogP contribution in [0.1, 0.15) is 0 Å². The molecule has 3 N–H and O–H groups in total. The second-order valence-electron chi connectivity index (χ2n) is 1.99. The highest BCUT2D eigenvalue weighted by Gasteiger charge is 1.98. The summed E-state index contributed by atoms with van der Waals surface area (Å²) in [5.41, 5.74) is 3.43. The van der Waals surface area contributed by atoms with Crippen LogP contribution in [0.5, 0.6) is 0 Å². The molecule has 1 aromatic rings. The molecule has 0 unspecified atom stereocenters. The summed E-state index contributed by atoms with van der Waals surface area (Å²) in [5.74, 6) is 5.22. The van der Waals surface area contributed by atoms with Crippen LogP contribution < -0.4 is 11.3 Å². The highest BCUT2D eigenvalue weighted by atomic mass is 35.5. The Bertz CT molecular complexity index is 252. The van der Waals surface area contributed by atoms with E-state index in [1.54, 1.807) is 11.8 Å². The average Bonchev–Trinajstić information content (AvgIpc) is 2.05. The second kappa shape index (κ2) is 3.85. The molecule has 0 radical (unpaired) electrons. The normalized spacial score (nSPS) is 9.73. The zero-order chi connectivity index (χ0) is 8.27. The van der Waals surface area contributed by atoms with Gasteiger partial charge < -0.3 is 5.43 Å². The van der Waals surface area contributed by atoms with Crippen molar-refractivity contribution in [3.05, 3.63) is 23.2 Å². The Morgan fingerprint density at radius 3 is 2.82 bits per heavy atom.